The quantitative estimate of drug-likeness (QED) is 0.129. The average molecular weight is 803 g/mol. The van der Waals surface area contributed by atoms with Crippen molar-refractivity contribution in [2.24, 2.45) is 5.92 Å². The van der Waals surface area contributed by atoms with E-state index in [2.05, 4.69) is 53.7 Å². The van der Waals surface area contributed by atoms with Crippen LogP contribution in [0.15, 0.2) is 72.8 Å². The van der Waals surface area contributed by atoms with Crippen LogP contribution in [0.2, 0.25) is 0 Å². The van der Waals surface area contributed by atoms with E-state index in [0.29, 0.717) is 23.8 Å². The minimum atomic E-state index is -3.02. The molecule has 1 heterocycles. The third-order valence-electron chi connectivity index (χ3n) is 8.82. The monoisotopic (exact) mass is 802 g/mol. The first-order valence-electron chi connectivity index (χ1n) is 18.6. The van der Waals surface area contributed by atoms with Crippen molar-refractivity contribution >= 4 is 51.2 Å². The van der Waals surface area contributed by atoms with Crippen molar-refractivity contribution in [3.05, 3.63) is 95.1 Å². The number of nitrogens with one attached hydrogen (secondary N) is 1. The molecule has 1 aliphatic heterocycles. The Balaban J connectivity index is 0.000000565. The van der Waals surface area contributed by atoms with Gasteiger partial charge < -0.3 is 15.5 Å². The fourth-order valence-electron chi connectivity index (χ4n) is 5.66. The molecule has 0 saturated carbocycles. The van der Waals surface area contributed by atoms with Gasteiger partial charge in [0.2, 0.25) is 0 Å². The molecule has 4 rings (SSSR count). The SMILES string of the molecule is CC.CC(CCS(C)(=O)=O)C(=O)O.CCc1ccccc1.CSCCC(NC(=O)c1ccc(CN2CCCC2CSC)cc1-c1ccccc1C)C(=O)O. The number of hydrogen-bond acceptors (Lipinski definition) is 8. The van der Waals surface area contributed by atoms with Gasteiger partial charge in [-0.25, -0.2) is 13.2 Å². The second kappa shape index (κ2) is 26.5. The van der Waals surface area contributed by atoms with E-state index in [1.165, 1.54) is 30.9 Å². The van der Waals surface area contributed by atoms with Crippen LogP contribution >= 0.6 is 23.5 Å². The van der Waals surface area contributed by atoms with Crippen molar-refractivity contribution in [3.63, 3.8) is 0 Å². The number of benzene rings is 3. The van der Waals surface area contributed by atoms with Gasteiger partial charge in [0.15, 0.2) is 0 Å². The summed E-state index contributed by atoms with van der Waals surface area (Å²) in [5, 5.41) is 20.7. The van der Waals surface area contributed by atoms with Crippen molar-refractivity contribution in [1.82, 2.24) is 10.2 Å². The number of hydrogen-bond donors (Lipinski definition) is 3. The number of rotatable bonds is 16. The molecule has 1 fully saturated rings. The lowest BCUT2D eigenvalue weighted by molar-refractivity contribution is -0.141. The molecule has 54 heavy (non-hydrogen) atoms. The third kappa shape index (κ3) is 18.3. The standard InChI is InChI=1S/C26H34N2O3S2.C8H10.C6H12O4S.C2H6/c1-18-7-4-5-9-21(18)23-15-19(16-28-13-6-8-20(28)17-33-3)10-11-22(23)25(29)27-24(26(30)31)12-14-32-2;1-2-8-6-4-3-5-7-8;1-5(6(7)8)3-4-11(2,9)10;1-2/h4-5,7,9-11,15,20,24H,6,8,12-14,16-17H2,1-3H3,(H,27,29)(H,30,31);3-7H,2H2,1H3;5H,3-4H2,1-2H3,(H,7,8);1-2H3. The van der Waals surface area contributed by atoms with Crippen molar-refractivity contribution in [1.29, 1.82) is 0 Å². The van der Waals surface area contributed by atoms with Gasteiger partial charge in [0.25, 0.3) is 5.91 Å². The van der Waals surface area contributed by atoms with Gasteiger partial charge >= 0.3 is 11.9 Å². The number of carboxylic acid groups (broad SMARTS) is 2. The van der Waals surface area contributed by atoms with Gasteiger partial charge in [-0.3, -0.25) is 14.5 Å². The molecule has 3 unspecified atom stereocenters. The van der Waals surface area contributed by atoms with Crippen molar-refractivity contribution in [2.75, 3.05) is 42.6 Å². The van der Waals surface area contributed by atoms with E-state index in [0.717, 1.165) is 48.2 Å². The van der Waals surface area contributed by atoms with Crippen molar-refractivity contribution < 1.29 is 33.0 Å². The Morgan fingerprint density at radius 2 is 1.54 bits per heavy atom. The number of likely N-dealkylation sites (tertiary alicyclic amines) is 1. The summed E-state index contributed by atoms with van der Waals surface area (Å²) >= 11 is 3.46. The number of sulfone groups is 1. The Morgan fingerprint density at radius 1 is 0.889 bits per heavy atom. The highest BCUT2D eigenvalue weighted by molar-refractivity contribution is 7.98. The number of carbonyl (C=O) groups is 3. The first kappa shape index (κ1) is 48.7. The van der Waals surface area contributed by atoms with E-state index in [1.54, 1.807) is 11.8 Å². The van der Waals surface area contributed by atoms with Crippen LogP contribution in [-0.4, -0.2) is 96.0 Å². The summed E-state index contributed by atoms with van der Waals surface area (Å²) in [6.07, 6.45) is 9.37. The number of carbonyl (C=O) groups excluding carboxylic acids is 1. The fourth-order valence-corrected chi connectivity index (χ4v) is 7.68. The van der Waals surface area contributed by atoms with Gasteiger partial charge in [0.05, 0.1) is 11.7 Å². The maximum Gasteiger partial charge on any atom is 0.326 e. The van der Waals surface area contributed by atoms with Gasteiger partial charge in [0, 0.05) is 30.2 Å². The molecule has 0 bridgehead atoms. The van der Waals surface area contributed by atoms with Crippen LogP contribution in [-0.2, 0) is 32.4 Å². The number of thioether (sulfide) groups is 2. The third-order valence-corrected chi connectivity index (χ3v) is 11.2. The Hall–Kier alpha value is -3.32. The molecule has 300 valence electrons. The lowest BCUT2D eigenvalue weighted by atomic mass is 9.93. The normalized spacial score (nSPS) is 14.9. The molecule has 3 N–H and O–H groups in total. The van der Waals surface area contributed by atoms with Crippen LogP contribution in [0, 0.1) is 12.8 Å². The summed E-state index contributed by atoms with van der Waals surface area (Å²) in [7, 11) is -3.02. The molecule has 3 aromatic carbocycles. The molecule has 0 aliphatic carbocycles. The first-order valence-corrected chi connectivity index (χ1v) is 23.4. The van der Waals surface area contributed by atoms with Crippen LogP contribution in [0.25, 0.3) is 11.1 Å². The number of carboxylic acids is 2. The minimum absolute atomic E-state index is 0.0551. The molecule has 1 aliphatic rings. The predicted octanol–water partition coefficient (Wildman–Crippen LogP) is 8.34. The van der Waals surface area contributed by atoms with Crippen molar-refractivity contribution in [2.45, 2.75) is 85.4 Å². The van der Waals surface area contributed by atoms with Gasteiger partial charge in [-0.1, -0.05) is 88.4 Å². The summed E-state index contributed by atoms with van der Waals surface area (Å²) in [5.74, 6) is -1.11. The molecule has 0 spiro atoms. The van der Waals surface area contributed by atoms with Crippen LogP contribution in [0.4, 0.5) is 0 Å². The first-order chi connectivity index (χ1) is 25.7. The second-order valence-electron chi connectivity index (χ2n) is 13.1. The zero-order valence-corrected chi connectivity index (χ0v) is 35.8. The topological polar surface area (TPSA) is 141 Å². The summed E-state index contributed by atoms with van der Waals surface area (Å²) < 4.78 is 21.1. The lowest BCUT2D eigenvalue weighted by Gasteiger charge is -2.24. The molecule has 1 saturated heterocycles. The number of nitrogens with zero attached hydrogens (tertiary/aromatic N) is 1. The average Bonchev–Trinajstić information content (AvgIpc) is 3.59. The van der Waals surface area contributed by atoms with Crippen LogP contribution < -0.4 is 5.32 Å². The molecule has 3 atom stereocenters. The Kier molecular flexibility index (Phi) is 23.9. The maximum atomic E-state index is 13.2. The molecule has 1 amide bonds. The zero-order chi connectivity index (χ0) is 40.7. The van der Waals surface area contributed by atoms with E-state index in [1.807, 2.05) is 81.3 Å². The van der Waals surface area contributed by atoms with Gasteiger partial charge in [0.1, 0.15) is 15.9 Å². The number of amides is 1. The van der Waals surface area contributed by atoms with Gasteiger partial charge in [-0.2, -0.15) is 23.5 Å². The van der Waals surface area contributed by atoms with Crippen LogP contribution in [0.5, 0.6) is 0 Å². The van der Waals surface area contributed by atoms with Crippen LogP contribution in [0.3, 0.4) is 0 Å². The molecule has 3 aromatic rings. The van der Waals surface area contributed by atoms with Gasteiger partial charge in [-0.05, 0) is 104 Å². The second-order valence-corrected chi connectivity index (χ2v) is 17.2. The van der Waals surface area contributed by atoms with E-state index in [4.69, 9.17) is 5.11 Å². The van der Waals surface area contributed by atoms with E-state index in [-0.39, 0.29) is 18.1 Å². The molecular weight excluding hydrogens is 741 g/mol. The summed E-state index contributed by atoms with van der Waals surface area (Å²) in [6.45, 7) is 11.7. The van der Waals surface area contributed by atoms with Crippen LogP contribution in [0.1, 0.15) is 80.4 Å². The Bertz CT molecular complexity index is 1670. The van der Waals surface area contributed by atoms with E-state index >= 15 is 0 Å². The van der Waals surface area contributed by atoms with Gasteiger partial charge in [-0.15, -0.1) is 0 Å². The zero-order valence-electron chi connectivity index (χ0n) is 33.3. The number of aryl methyl sites for hydroxylation is 2. The molecule has 12 heteroatoms. The summed E-state index contributed by atoms with van der Waals surface area (Å²) in [6, 6.07) is 24.2. The fraction of sp³-hybridized carbons (Fsp3) is 0.500. The molecule has 9 nitrogen and oxygen atoms in total. The summed E-state index contributed by atoms with van der Waals surface area (Å²) in [4.78, 5) is 37.7. The Morgan fingerprint density at radius 3 is 2.07 bits per heavy atom. The lowest BCUT2D eigenvalue weighted by Crippen LogP contribution is -2.41. The smallest absolute Gasteiger partial charge is 0.326 e. The van der Waals surface area contributed by atoms with Crippen molar-refractivity contribution in [3.8, 4) is 11.1 Å². The summed E-state index contributed by atoms with van der Waals surface area (Å²) in [5.41, 5.74) is 6.05. The molecule has 0 radical (unpaired) electrons. The predicted molar refractivity (Wildman–Crippen MR) is 229 cm³/mol. The Labute approximate surface area is 333 Å². The highest BCUT2D eigenvalue weighted by Crippen LogP contribution is 2.30. The number of aliphatic carboxylic acids is 2. The largest absolute Gasteiger partial charge is 0.481 e. The highest BCUT2D eigenvalue weighted by Gasteiger charge is 2.26. The molecular formula is C42H62N2O7S3. The minimum Gasteiger partial charge on any atom is -0.481 e. The highest BCUT2D eigenvalue weighted by atomic mass is 32.2. The maximum absolute atomic E-state index is 13.2. The van der Waals surface area contributed by atoms with E-state index < -0.39 is 33.7 Å². The van der Waals surface area contributed by atoms with E-state index in [9.17, 15) is 27.9 Å². The molecule has 0 aromatic heterocycles.